The molecule has 0 spiro atoms. The van der Waals surface area contributed by atoms with Crippen molar-refractivity contribution in [2.75, 3.05) is 26.7 Å². The number of nitrogens with one attached hydrogen (secondary N) is 2. The fourth-order valence-electron chi connectivity index (χ4n) is 4.80. The molecule has 0 aliphatic carbocycles. The number of nitrogens with zero attached hydrogens (tertiary/aromatic N) is 1. The molecule has 12 heteroatoms. The third-order valence-electron chi connectivity index (χ3n) is 7.01. The molecule has 1 atom stereocenters. The van der Waals surface area contributed by atoms with Crippen LogP contribution in [0.25, 0.3) is 10.9 Å². The Hall–Kier alpha value is -3.21. The molecule has 0 bridgehead atoms. The highest BCUT2D eigenvalue weighted by Gasteiger charge is 2.38. The lowest BCUT2D eigenvalue weighted by atomic mass is 9.94. The summed E-state index contributed by atoms with van der Waals surface area (Å²) in [7, 11) is 1.34. The van der Waals surface area contributed by atoms with Gasteiger partial charge in [0.2, 0.25) is 0 Å². The molecule has 1 amide bonds. The van der Waals surface area contributed by atoms with Crippen LogP contribution >= 0.6 is 23.2 Å². The summed E-state index contributed by atoms with van der Waals surface area (Å²) in [6.45, 7) is 1.20. The highest BCUT2D eigenvalue weighted by atomic mass is 35.5. The number of para-hydroxylation sites is 1. The van der Waals surface area contributed by atoms with Gasteiger partial charge in [0.15, 0.2) is 0 Å². The Morgan fingerprint density at radius 1 is 0.905 bits per heavy atom. The Kier molecular flexibility index (Phi) is 9.80. The van der Waals surface area contributed by atoms with Crippen LogP contribution in [-0.2, 0) is 18.8 Å². The van der Waals surface area contributed by atoms with Crippen LogP contribution in [0, 0.1) is 0 Å². The monoisotopic (exact) mass is 629 g/mol. The topological polar surface area (TPSA) is 48.1 Å². The summed E-state index contributed by atoms with van der Waals surface area (Å²) < 4.78 is 80.1. The van der Waals surface area contributed by atoms with E-state index in [-0.39, 0.29) is 23.6 Å². The molecule has 0 fully saturated rings. The number of likely N-dealkylation sites (N-methyl/N-ethyl adjacent to an activating group) is 1. The van der Waals surface area contributed by atoms with E-state index < -0.39 is 35.0 Å². The van der Waals surface area contributed by atoms with Crippen molar-refractivity contribution in [1.29, 1.82) is 0 Å². The van der Waals surface area contributed by atoms with Crippen molar-refractivity contribution < 1.29 is 31.1 Å². The van der Waals surface area contributed by atoms with Gasteiger partial charge in [-0.3, -0.25) is 4.79 Å². The summed E-state index contributed by atoms with van der Waals surface area (Å²) in [5.74, 6) is -1.31. The molecule has 1 unspecified atom stereocenters. The smallest absolute Gasteiger partial charge is 0.361 e. The third-order valence-corrected chi connectivity index (χ3v) is 7.75. The molecule has 0 aliphatic rings. The van der Waals surface area contributed by atoms with Gasteiger partial charge < -0.3 is 15.2 Å². The molecule has 42 heavy (non-hydrogen) atoms. The minimum atomic E-state index is -5.06. The Labute approximate surface area is 248 Å². The maximum absolute atomic E-state index is 13.3. The van der Waals surface area contributed by atoms with Crippen molar-refractivity contribution in [2.24, 2.45) is 0 Å². The second-order valence-corrected chi connectivity index (χ2v) is 10.8. The van der Waals surface area contributed by atoms with Crippen LogP contribution in [0.1, 0.15) is 45.0 Å². The molecule has 1 heterocycles. The number of H-pyrrole nitrogens is 1. The second kappa shape index (κ2) is 13.0. The van der Waals surface area contributed by atoms with E-state index >= 15 is 0 Å². The zero-order valence-corrected chi connectivity index (χ0v) is 23.9. The van der Waals surface area contributed by atoms with Gasteiger partial charge in [0.25, 0.3) is 5.91 Å². The highest BCUT2D eigenvalue weighted by Crippen LogP contribution is 2.37. The van der Waals surface area contributed by atoms with E-state index in [2.05, 4.69) is 10.3 Å². The molecule has 2 N–H and O–H groups in total. The Bertz CT molecular complexity index is 1520. The van der Waals surface area contributed by atoms with Crippen molar-refractivity contribution in [3.05, 3.63) is 105 Å². The molecular weight excluding hydrogens is 603 g/mol. The number of hydrogen-bond donors (Lipinski definition) is 2. The second-order valence-electron chi connectivity index (χ2n) is 10.00. The molecule has 0 radical (unpaired) electrons. The first-order valence-corrected chi connectivity index (χ1v) is 13.7. The van der Waals surface area contributed by atoms with E-state index in [1.807, 2.05) is 30.5 Å². The summed E-state index contributed by atoms with van der Waals surface area (Å²) in [6, 6.07) is 13.8. The lowest BCUT2D eigenvalue weighted by molar-refractivity contribution is -0.143. The minimum absolute atomic E-state index is 0.00273. The van der Waals surface area contributed by atoms with E-state index in [0.717, 1.165) is 33.4 Å². The standard InChI is InChI=1S/C30H27Cl2F6N3O/c1-41(28(42)21-12-22(29(33,34)35)15-23(13-21)30(36,37)38)17-20(18-6-7-25(31)26(32)14-18)9-11-39-10-8-19-16-40-27-5-3-2-4-24(19)27/h2-7,12-16,20,39-40H,8-11,17H2,1H3. The van der Waals surface area contributed by atoms with Crippen LogP contribution in [0.15, 0.2) is 66.9 Å². The van der Waals surface area contributed by atoms with Crippen molar-refractivity contribution in [3.63, 3.8) is 0 Å². The SMILES string of the molecule is CN(CC(CCNCCc1c[nH]c2ccccc12)c1ccc(Cl)c(Cl)c1)C(=O)c1cc(C(F)(F)F)cc(C(F)(F)F)c1. The number of carbonyl (C=O) groups excluding carboxylic acids is 1. The van der Waals surface area contributed by atoms with Crippen LogP contribution in [0.3, 0.4) is 0 Å². The molecule has 4 aromatic rings. The molecule has 0 saturated heterocycles. The van der Waals surface area contributed by atoms with E-state index in [9.17, 15) is 31.1 Å². The number of halogens is 8. The summed E-state index contributed by atoms with van der Waals surface area (Å²) in [5, 5.41) is 5.11. The first-order valence-electron chi connectivity index (χ1n) is 13.0. The molecule has 1 aromatic heterocycles. The number of fused-ring (bicyclic) bond motifs is 1. The summed E-state index contributed by atoms with van der Waals surface area (Å²) in [4.78, 5) is 17.5. The van der Waals surface area contributed by atoms with Crippen molar-refractivity contribution in [1.82, 2.24) is 15.2 Å². The Morgan fingerprint density at radius 2 is 1.57 bits per heavy atom. The lowest BCUT2D eigenvalue weighted by Crippen LogP contribution is -2.33. The predicted molar refractivity (Wildman–Crippen MR) is 152 cm³/mol. The van der Waals surface area contributed by atoms with E-state index in [1.165, 1.54) is 7.05 Å². The van der Waals surface area contributed by atoms with Crippen LogP contribution in [0.5, 0.6) is 0 Å². The van der Waals surface area contributed by atoms with Gasteiger partial charge in [-0.15, -0.1) is 0 Å². The summed E-state index contributed by atoms with van der Waals surface area (Å²) in [6.07, 6.45) is -6.90. The number of amides is 1. The predicted octanol–water partition coefficient (Wildman–Crippen LogP) is 8.59. The van der Waals surface area contributed by atoms with Crippen molar-refractivity contribution >= 4 is 40.0 Å². The van der Waals surface area contributed by atoms with E-state index in [0.29, 0.717) is 36.7 Å². The third kappa shape index (κ3) is 7.79. The van der Waals surface area contributed by atoms with Crippen LogP contribution in [0.4, 0.5) is 26.3 Å². The Morgan fingerprint density at radius 3 is 2.21 bits per heavy atom. The first kappa shape index (κ1) is 31.7. The molecule has 4 nitrogen and oxygen atoms in total. The zero-order chi connectivity index (χ0) is 30.7. The zero-order valence-electron chi connectivity index (χ0n) is 22.3. The number of benzene rings is 3. The summed E-state index contributed by atoms with van der Waals surface area (Å²) >= 11 is 12.3. The molecular formula is C30H27Cl2F6N3O. The van der Waals surface area contributed by atoms with Gasteiger partial charge in [0, 0.05) is 42.2 Å². The molecule has 3 aromatic carbocycles. The number of aromatic amines is 1. The highest BCUT2D eigenvalue weighted by molar-refractivity contribution is 6.42. The van der Waals surface area contributed by atoms with Crippen LogP contribution in [-0.4, -0.2) is 42.5 Å². The number of alkyl halides is 6. The number of hydrogen-bond acceptors (Lipinski definition) is 2. The van der Waals surface area contributed by atoms with E-state index in [1.54, 1.807) is 18.2 Å². The van der Waals surface area contributed by atoms with Crippen LogP contribution in [0.2, 0.25) is 10.0 Å². The van der Waals surface area contributed by atoms with Gasteiger partial charge in [-0.1, -0.05) is 47.5 Å². The summed E-state index contributed by atoms with van der Waals surface area (Å²) in [5.41, 5.74) is -0.873. The van der Waals surface area contributed by atoms with E-state index in [4.69, 9.17) is 23.2 Å². The molecule has 0 aliphatic heterocycles. The minimum Gasteiger partial charge on any atom is -0.361 e. The first-order chi connectivity index (χ1) is 19.7. The molecule has 0 saturated carbocycles. The maximum atomic E-state index is 13.3. The average Bonchev–Trinajstić information content (AvgIpc) is 3.35. The fourth-order valence-corrected chi connectivity index (χ4v) is 5.11. The lowest BCUT2D eigenvalue weighted by Gasteiger charge is -2.26. The van der Waals surface area contributed by atoms with Crippen LogP contribution < -0.4 is 5.32 Å². The average molecular weight is 630 g/mol. The number of aromatic nitrogens is 1. The largest absolute Gasteiger partial charge is 0.416 e. The van der Waals surface area contributed by atoms with Gasteiger partial charge in [-0.2, -0.15) is 26.3 Å². The van der Waals surface area contributed by atoms with Crippen molar-refractivity contribution in [3.8, 4) is 0 Å². The molecule has 224 valence electrons. The van der Waals surface area contributed by atoms with Crippen molar-refractivity contribution in [2.45, 2.75) is 31.1 Å². The Balaban J connectivity index is 1.48. The fraction of sp³-hybridized carbons (Fsp3) is 0.300. The molecule has 4 rings (SSSR count). The maximum Gasteiger partial charge on any atom is 0.416 e. The number of carbonyl (C=O) groups is 1. The number of rotatable bonds is 10. The quantitative estimate of drug-likeness (QED) is 0.136. The normalized spacial score (nSPS) is 13.0. The van der Waals surface area contributed by atoms with Gasteiger partial charge >= 0.3 is 12.4 Å². The van der Waals surface area contributed by atoms with Gasteiger partial charge in [-0.05, 0) is 73.5 Å². The van der Waals surface area contributed by atoms with Gasteiger partial charge in [0.05, 0.1) is 21.2 Å². The van der Waals surface area contributed by atoms with Gasteiger partial charge in [0.1, 0.15) is 0 Å². The van der Waals surface area contributed by atoms with Gasteiger partial charge in [-0.25, -0.2) is 0 Å².